The molecular formula is C23H27BrN2O. The van der Waals surface area contributed by atoms with Gasteiger partial charge in [-0.25, -0.2) is 0 Å². The Morgan fingerprint density at radius 2 is 2.04 bits per heavy atom. The van der Waals surface area contributed by atoms with Gasteiger partial charge in [0.1, 0.15) is 12.4 Å². The number of fused-ring (bicyclic) bond motifs is 1. The van der Waals surface area contributed by atoms with Crippen LogP contribution in [0.15, 0.2) is 51.9 Å². The molecule has 0 radical (unpaired) electrons. The zero-order valence-electron chi connectivity index (χ0n) is 16.0. The van der Waals surface area contributed by atoms with E-state index < -0.39 is 0 Å². The number of likely N-dealkylation sites (tertiary alicyclic amines) is 1. The van der Waals surface area contributed by atoms with E-state index in [1.165, 1.54) is 49.0 Å². The minimum Gasteiger partial charge on any atom is -0.492 e. The number of ether oxygens (including phenoxy) is 1. The third-order valence-corrected chi connectivity index (χ3v) is 6.08. The normalized spacial score (nSPS) is 19.6. The van der Waals surface area contributed by atoms with E-state index in [0.29, 0.717) is 6.04 Å². The molecule has 0 saturated carbocycles. The molecule has 27 heavy (non-hydrogen) atoms. The Morgan fingerprint density at radius 1 is 1.19 bits per heavy atom. The summed E-state index contributed by atoms with van der Waals surface area (Å²) in [5, 5.41) is 0. The van der Waals surface area contributed by atoms with Crippen LogP contribution in [0, 0.1) is 0 Å². The molecule has 1 saturated heterocycles. The molecule has 2 aromatic carbocycles. The lowest BCUT2D eigenvalue weighted by molar-refractivity contribution is 0.173. The maximum Gasteiger partial charge on any atom is 0.119 e. The van der Waals surface area contributed by atoms with Crippen LogP contribution < -0.4 is 4.74 Å². The second-order valence-corrected chi connectivity index (χ2v) is 8.36. The van der Waals surface area contributed by atoms with Gasteiger partial charge < -0.3 is 4.74 Å². The lowest BCUT2D eigenvalue weighted by Crippen LogP contribution is -2.34. The largest absolute Gasteiger partial charge is 0.492 e. The number of benzene rings is 2. The molecule has 1 atom stereocenters. The molecule has 4 heteroatoms. The molecule has 2 aliphatic rings. The van der Waals surface area contributed by atoms with E-state index in [1.807, 2.05) is 0 Å². The molecule has 0 bridgehead atoms. The first-order chi connectivity index (χ1) is 13.2. The van der Waals surface area contributed by atoms with Crippen LogP contribution in [0.5, 0.6) is 5.75 Å². The quantitative estimate of drug-likeness (QED) is 0.641. The van der Waals surface area contributed by atoms with Crippen molar-refractivity contribution >= 4 is 21.6 Å². The number of nitrogens with zero attached hydrogens (tertiary/aromatic N) is 2. The first kappa shape index (κ1) is 18.7. The number of aliphatic imine (C=N–C) groups is 1. The van der Waals surface area contributed by atoms with Gasteiger partial charge in [0.25, 0.3) is 0 Å². The highest BCUT2D eigenvalue weighted by atomic mass is 79.9. The maximum atomic E-state index is 6.20. The predicted octanol–water partition coefficient (Wildman–Crippen LogP) is 5.10. The van der Waals surface area contributed by atoms with E-state index >= 15 is 0 Å². The van der Waals surface area contributed by atoms with E-state index in [0.717, 1.165) is 35.5 Å². The molecule has 2 aliphatic heterocycles. The molecule has 0 aromatic heterocycles. The van der Waals surface area contributed by atoms with Crippen LogP contribution in [0.3, 0.4) is 0 Å². The van der Waals surface area contributed by atoms with E-state index in [4.69, 9.17) is 9.73 Å². The minimum absolute atomic E-state index is 0.570. The van der Waals surface area contributed by atoms with Crippen molar-refractivity contribution in [3.05, 3.63) is 63.6 Å². The fraction of sp³-hybridized carbons (Fsp3) is 0.435. The van der Waals surface area contributed by atoms with Crippen molar-refractivity contribution in [3.8, 4) is 5.75 Å². The average Bonchev–Trinajstić information content (AvgIpc) is 3.14. The van der Waals surface area contributed by atoms with Gasteiger partial charge in [0.05, 0.1) is 5.71 Å². The van der Waals surface area contributed by atoms with Gasteiger partial charge in [0, 0.05) is 28.2 Å². The zero-order valence-corrected chi connectivity index (χ0v) is 17.5. The highest BCUT2D eigenvalue weighted by Crippen LogP contribution is 2.26. The van der Waals surface area contributed by atoms with Gasteiger partial charge in [-0.15, -0.1) is 0 Å². The lowest BCUT2D eigenvalue weighted by Gasteiger charge is -2.24. The number of hydrogen-bond donors (Lipinski definition) is 0. The van der Waals surface area contributed by atoms with Crippen molar-refractivity contribution < 1.29 is 4.74 Å². The third-order valence-electron chi connectivity index (χ3n) is 5.55. The highest BCUT2D eigenvalue weighted by molar-refractivity contribution is 9.10. The van der Waals surface area contributed by atoms with Gasteiger partial charge in [-0.3, -0.25) is 9.89 Å². The van der Waals surface area contributed by atoms with E-state index in [1.54, 1.807) is 0 Å². The number of hydrogen-bond acceptors (Lipinski definition) is 3. The summed E-state index contributed by atoms with van der Waals surface area (Å²) in [6, 6.07) is 15.5. The Balaban J connectivity index is 1.47. The first-order valence-corrected chi connectivity index (χ1v) is 10.8. The monoisotopic (exact) mass is 426 g/mol. The van der Waals surface area contributed by atoms with Crippen LogP contribution in [0.25, 0.3) is 0 Å². The molecule has 0 amide bonds. The summed E-state index contributed by atoms with van der Waals surface area (Å²) < 4.78 is 7.29. The lowest BCUT2D eigenvalue weighted by atomic mass is 9.93. The summed E-state index contributed by atoms with van der Waals surface area (Å²) in [4.78, 5) is 7.37. The topological polar surface area (TPSA) is 24.8 Å². The Bertz CT molecular complexity index is 816. The van der Waals surface area contributed by atoms with Crippen molar-refractivity contribution in [2.45, 2.75) is 38.6 Å². The van der Waals surface area contributed by atoms with Gasteiger partial charge in [-0.2, -0.15) is 0 Å². The highest BCUT2D eigenvalue weighted by Gasteiger charge is 2.24. The van der Waals surface area contributed by atoms with E-state index in [2.05, 4.69) is 70.2 Å². The molecule has 1 fully saturated rings. The summed E-state index contributed by atoms with van der Waals surface area (Å²) >= 11 is 3.51. The maximum absolute atomic E-state index is 6.20. The minimum atomic E-state index is 0.570. The zero-order chi connectivity index (χ0) is 18.6. The first-order valence-electron chi connectivity index (χ1n) is 10.0. The van der Waals surface area contributed by atoms with Crippen LogP contribution in [-0.2, 0) is 6.42 Å². The average molecular weight is 427 g/mol. The molecule has 0 N–H and O–H groups in total. The van der Waals surface area contributed by atoms with E-state index in [-0.39, 0.29) is 0 Å². The molecule has 1 unspecified atom stereocenters. The van der Waals surface area contributed by atoms with Crippen molar-refractivity contribution in [3.63, 3.8) is 0 Å². The smallest absolute Gasteiger partial charge is 0.119 e. The fourth-order valence-electron chi connectivity index (χ4n) is 4.18. The molecular weight excluding hydrogens is 400 g/mol. The fourth-order valence-corrected chi connectivity index (χ4v) is 4.45. The standard InChI is InChI=1S/C23H27BrN2O/c1-2-13-26-14-3-4-20(26)16-27-21-9-10-22-18(15-21)11-12-25-23(22)17-5-7-19(24)8-6-17/h5-10,15,20H,2-4,11-14,16H2,1H3. The Labute approximate surface area is 170 Å². The Hall–Kier alpha value is -1.65. The number of halogens is 1. The summed E-state index contributed by atoms with van der Waals surface area (Å²) in [6.07, 6.45) is 4.75. The van der Waals surface area contributed by atoms with Gasteiger partial charge >= 0.3 is 0 Å². The van der Waals surface area contributed by atoms with Crippen LogP contribution in [0.4, 0.5) is 0 Å². The van der Waals surface area contributed by atoms with Gasteiger partial charge in [-0.1, -0.05) is 35.0 Å². The predicted molar refractivity (Wildman–Crippen MR) is 115 cm³/mol. The van der Waals surface area contributed by atoms with Crippen LogP contribution >= 0.6 is 15.9 Å². The summed E-state index contributed by atoms with van der Waals surface area (Å²) in [6.45, 7) is 6.30. The van der Waals surface area contributed by atoms with Crippen molar-refractivity contribution in [2.24, 2.45) is 4.99 Å². The van der Waals surface area contributed by atoms with Crippen molar-refractivity contribution in [1.82, 2.24) is 4.90 Å². The molecule has 2 heterocycles. The van der Waals surface area contributed by atoms with Crippen molar-refractivity contribution in [2.75, 3.05) is 26.2 Å². The summed E-state index contributed by atoms with van der Waals surface area (Å²) in [7, 11) is 0. The Kier molecular flexibility index (Phi) is 5.94. The molecule has 0 aliphatic carbocycles. The third kappa shape index (κ3) is 4.27. The molecule has 3 nitrogen and oxygen atoms in total. The molecule has 142 valence electrons. The SMILES string of the molecule is CCCN1CCCC1COc1ccc2c(c1)CCN=C2c1ccc(Br)cc1. The molecule has 2 aromatic rings. The second kappa shape index (κ2) is 8.57. The van der Waals surface area contributed by atoms with E-state index in [9.17, 15) is 0 Å². The number of rotatable bonds is 6. The van der Waals surface area contributed by atoms with Gasteiger partial charge in [-0.05, 0) is 74.7 Å². The van der Waals surface area contributed by atoms with Crippen LogP contribution in [0.2, 0.25) is 0 Å². The molecule has 0 spiro atoms. The van der Waals surface area contributed by atoms with Crippen LogP contribution in [-0.4, -0.2) is 42.9 Å². The van der Waals surface area contributed by atoms with Gasteiger partial charge in [0.2, 0.25) is 0 Å². The Morgan fingerprint density at radius 3 is 2.85 bits per heavy atom. The summed E-state index contributed by atoms with van der Waals surface area (Å²) in [5.41, 5.74) is 4.86. The molecule has 4 rings (SSSR count). The second-order valence-electron chi connectivity index (χ2n) is 7.45. The van der Waals surface area contributed by atoms with Crippen LogP contribution in [0.1, 0.15) is 42.9 Å². The van der Waals surface area contributed by atoms with Gasteiger partial charge in [0.15, 0.2) is 0 Å². The summed E-state index contributed by atoms with van der Waals surface area (Å²) in [5.74, 6) is 0.995. The van der Waals surface area contributed by atoms with Crippen molar-refractivity contribution in [1.29, 1.82) is 0 Å².